The molecule has 1 aromatic rings. The van der Waals surface area contributed by atoms with Crippen molar-refractivity contribution < 1.29 is 4.79 Å². The highest BCUT2D eigenvalue weighted by Crippen LogP contribution is 2.24. The maximum Gasteiger partial charge on any atom is 0.232 e. The van der Waals surface area contributed by atoms with Gasteiger partial charge in [-0.05, 0) is 25.1 Å². The molecule has 1 rings (SSSR count). The fraction of sp³-hybridized carbons (Fsp3) is 0.364. The van der Waals surface area contributed by atoms with Gasteiger partial charge in [0, 0.05) is 21.9 Å². The van der Waals surface area contributed by atoms with Crippen molar-refractivity contribution in [3.63, 3.8) is 0 Å². The lowest BCUT2D eigenvalue weighted by molar-refractivity contribution is -0.122. The molecule has 0 aliphatic heterocycles. The summed E-state index contributed by atoms with van der Waals surface area (Å²) in [6, 6.07) is 7.36. The molecule has 5 heteroatoms. The first-order valence-electron chi connectivity index (χ1n) is 4.71. The predicted octanol–water partition coefficient (Wildman–Crippen LogP) is 3.87. The number of carbonyl (C=O) groups is 1. The summed E-state index contributed by atoms with van der Waals surface area (Å²) in [6.07, 6.45) is 0. The third-order valence-electron chi connectivity index (χ3n) is 2.22. The molecule has 1 aromatic carbocycles. The molecule has 0 aromatic heterocycles. The van der Waals surface area contributed by atoms with E-state index in [1.807, 2.05) is 24.3 Å². The van der Waals surface area contributed by atoms with Gasteiger partial charge in [-0.25, -0.2) is 0 Å². The zero-order chi connectivity index (χ0) is 12.2. The van der Waals surface area contributed by atoms with E-state index in [2.05, 4.69) is 21.2 Å². The molecule has 0 aliphatic carbocycles. The van der Waals surface area contributed by atoms with Crippen molar-refractivity contribution in [1.82, 2.24) is 0 Å². The average Bonchev–Trinajstić information content (AvgIpc) is 2.28. The molecule has 1 N–H and O–H groups in total. The van der Waals surface area contributed by atoms with Crippen LogP contribution in [-0.2, 0) is 4.79 Å². The Balaban J connectivity index is 2.78. The van der Waals surface area contributed by atoms with Crippen molar-refractivity contribution >= 4 is 50.7 Å². The normalized spacial score (nSPS) is 11.2. The van der Waals surface area contributed by atoms with Gasteiger partial charge >= 0.3 is 0 Å². The second-order valence-electron chi connectivity index (χ2n) is 3.79. The SMILES string of the molecule is CC(CCl)(CCl)C(=O)Nc1cccc(Br)c1. The molecule has 0 unspecified atom stereocenters. The fourth-order valence-electron chi connectivity index (χ4n) is 1.01. The van der Waals surface area contributed by atoms with E-state index in [1.54, 1.807) is 6.92 Å². The number of halogens is 3. The second kappa shape index (κ2) is 5.89. The van der Waals surface area contributed by atoms with Gasteiger partial charge in [-0.2, -0.15) is 0 Å². The molecule has 0 radical (unpaired) electrons. The third-order valence-corrected chi connectivity index (χ3v) is 3.89. The van der Waals surface area contributed by atoms with Gasteiger partial charge in [0.1, 0.15) is 0 Å². The van der Waals surface area contributed by atoms with Crippen molar-refractivity contribution in [2.75, 3.05) is 17.1 Å². The summed E-state index contributed by atoms with van der Waals surface area (Å²) < 4.78 is 0.906. The minimum absolute atomic E-state index is 0.171. The molecule has 0 spiro atoms. The number of benzene rings is 1. The average molecular weight is 325 g/mol. The van der Waals surface area contributed by atoms with Gasteiger partial charge < -0.3 is 5.32 Å². The Hall–Kier alpha value is -0.250. The van der Waals surface area contributed by atoms with Crippen LogP contribution < -0.4 is 5.32 Å². The summed E-state index contributed by atoms with van der Waals surface area (Å²) in [5, 5.41) is 2.79. The van der Waals surface area contributed by atoms with Crippen LogP contribution in [-0.4, -0.2) is 17.7 Å². The van der Waals surface area contributed by atoms with E-state index in [4.69, 9.17) is 23.2 Å². The number of nitrogens with one attached hydrogen (secondary N) is 1. The van der Waals surface area contributed by atoms with Crippen molar-refractivity contribution in [3.05, 3.63) is 28.7 Å². The number of hydrogen-bond acceptors (Lipinski definition) is 1. The van der Waals surface area contributed by atoms with E-state index in [0.29, 0.717) is 0 Å². The Morgan fingerprint density at radius 3 is 2.56 bits per heavy atom. The Bertz CT molecular complexity index is 380. The minimum atomic E-state index is -0.745. The van der Waals surface area contributed by atoms with Crippen molar-refractivity contribution in [3.8, 4) is 0 Å². The van der Waals surface area contributed by atoms with Gasteiger partial charge in [-0.15, -0.1) is 23.2 Å². The molecular weight excluding hydrogens is 313 g/mol. The lowest BCUT2D eigenvalue weighted by atomic mass is 9.95. The molecule has 0 fully saturated rings. The number of amides is 1. The molecule has 0 bridgehead atoms. The number of anilines is 1. The van der Waals surface area contributed by atoms with Crippen LogP contribution in [0, 0.1) is 5.41 Å². The minimum Gasteiger partial charge on any atom is -0.326 e. The van der Waals surface area contributed by atoms with E-state index in [-0.39, 0.29) is 17.7 Å². The standard InChI is InChI=1S/C11H12BrCl2NO/c1-11(6-13,7-14)10(16)15-9-4-2-3-8(12)5-9/h2-5H,6-7H2,1H3,(H,15,16). The van der Waals surface area contributed by atoms with Gasteiger partial charge in [-0.3, -0.25) is 4.79 Å². The van der Waals surface area contributed by atoms with E-state index in [1.165, 1.54) is 0 Å². The smallest absolute Gasteiger partial charge is 0.232 e. The maximum atomic E-state index is 11.9. The van der Waals surface area contributed by atoms with E-state index in [9.17, 15) is 4.79 Å². The van der Waals surface area contributed by atoms with Crippen LogP contribution in [0.4, 0.5) is 5.69 Å². The number of hydrogen-bond donors (Lipinski definition) is 1. The van der Waals surface area contributed by atoms with Gasteiger partial charge in [-0.1, -0.05) is 22.0 Å². The van der Waals surface area contributed by atoms with Crippen LogP contribution in [0.5, 0.6) is 0 Å². The molecule has 16 heavy (non-hydrogen) atoms. The molecule has 0 saturated carbocycles. The molecule has 0 heterocycles. The van der Waals surface area contributed by atoms with Gasteiger partial charge in [0.25, 0.3) is 0 Å². The Morgan fingerprint density at radius 2 is 2.06 bits per heavy atom. The monoisotopic (exact) mass is 323 g/mol. The van der Waals surface area contributed by atoms with Crippen LogP contribution in [0.25, 0.3) is 0 Å². The summed E-state index contributed by atoms with van der Waals surface area (Å²) in [5.41, 5.74) is -0.0216. The molecule has 0 atom stereocenters. The van der Waals surface area contributed by atoms with E-state index in [0.717, 1.165) is 10.2 Å². The Morgan fingerprint density at radius 1 is 1.44 bits per heavy atom. The molecular formula is C11H12BrCl2NO. The Labute approximate surface area is 113 Å². The summed E-state index contributed by atoms with van der Waals surface area (Å²) in [6.45, 7) is 1.74. The van der Waals surface area contributed by atoms with Gasteiger partial charge in [0.05, 0.1) is 5.41 Å². The zero-order valence-corrected chi connectivity index (χ0v) is 11.9. The van der Waals surface area contributed by atoms with Crippen LogP contribution >= 0.6 is 39.1 Å². The topological polar surface area (TPSA) is 29.1 Å². The first-order valence-corrected chi connectivity index (χ1v) is 6.57. The highest BCUT2D eigenvalue weighted by Gasteiger charge is 2.31. The fourth-order valence-corrected chi connectivity index (χ4v) is 1.93. The highest BCUT2D eigenvalue weighted by atomic mass is 79.9. The largest absolute Gasteiger partial charge is 0.326 e. The van der Waals surface area contributed by atoms with Crippen LogP contribution in [0.1, 0.15) is 6.92 Å². The van der Waals surface area contributed by atoms with Crippen LogP contribution in [0.2, 0.25) is 0 Å². The summed E-state index contributed by atoms with van der Waals surface area (Å²) in [7, 11) is 0. The first-order chi connectivity index (χ1) is 7.51. The second-order valence-corrected chi connectivity index (χ2v) is 5.24. The first kappa shape index (κ1) is 13.8. The number of carbonyl (C=O) groups excluding carboxylic acids is 1. The lowest BCUT2D eigenvalue weighted by Gasteiger charge is -2.22. The van der Waals surface area contributed by atoms with Crippen molar-refractivity contribution in [1.29, 1.82) is 0 Å². The maximum absolute atomic E-state index is 11.9. The molecule has 0 saturated heterocycles. The van der Waals surface area contributed by atoms with E-state index < -0.39 is 5.41 Å². The third kappa shape index (κ3) is 3.37. The van der Waals surface area contributed by atoms with Gasteiger partial charge in [0.15, 0.2) is 0 Å². The van der Waals surface area contributed by atoms with Crippen molar-refractivity contribution in [2.45, 2.75) is 6.92 Å². The van der Waals surface area contributed by atoms with Crippen LogP contribution in [0.15, 0.2) is 28.7 Å². The number of alkyl halides is 2. The summed E-state index contributed by atoms with van der Waals surface area (Å²) in [4.78, 5) is 11.9. The zero-order valence-electron chi connectivity index (χ0n) is 8.77. The van der Waals surface area contributed by atoms with Gasteiger partial charge in [0.2, 0.25) is 5.91 Å². The molecule has 88 valence electrons. The Kier molecular flexibility index (Phi) is 5.09. The predicted molar refractivity (Wildman–Crippen MR) is 72.3 cm³/mol. The summed E-state index contributed by atoms with van der Waals surface area (Å²) in [5.74, 6) is 0.211. The quantitative estimate of drug-likeness (QED) is 0.837. The number of rotatable bonds is 4. The highest BCUT2D eigenvalue weighted by molar-refractivity contribution is 9.10. The van der Waals surface area contributed by atoms with Crippen LogP contribution in [0.3, 0.4) is 0 Å². The summed E-state index contributed by atoms with van der Waals surface area (Å²) >= 11 is 14.8. The lowest BCUT2D eigenvalue weighted by Crippen LogP contribution is -2.36. The van der Waals surface area contributed by atoms with Crippen molar-refractivity contribution in [2.24, 2.45) is 5.41 Å². The van der Waals surface area contributed by atoms with E-state index >= 15 is 0 Å². The molecule has 0 aliphatic rings. The molecule has 1 amide bonds. The molecule has 2 nitrogen and oxygen atoms in total.